The fourth-order valence-electron chi connectivity index (χ4n) is 3.83. The Balaban J connectivity index is 2.05. The highest BCUT2D eigenvalue weighted by Crippen LogP contribution is 2.46. The smallest absolute Gasteiger partial charge is 0.166 e. The highest BCUT2D eigenvalue weighted by molar-refractivity contribution is 7.37. The second-order valence-electron chi connectivity index (χ2n) is 8.58. The van der Waals surface area contributed by atoms with Gasteiger partial charge in [0.05, 0.1) is 22.3 Å². The lowest BCUT2D eigenvalue weighted by Crippen LogP contribution is -2.11. The number of benzene rings is 3. The Morgan fingerprint density at radius 1 is 0.350 bits per heavy atom. The van der Waals surface area contributed by atoms with Gasteiger partial charge in [-0.2, -0.15) is 52.7 Å². The largest absolute Gasteiger partial charge is 0.416 e. The molecule has 3 aromatic carbocycles. The minimum Gasteiger partial charge on any atom is -0.166 e. The normalized spacial score (nSPS) is 13.0. The summed E-state index contributed by atoms with van der Waals surface area (Å²) < 4.78 is 162. The summed E-state index contributed by atoms with van der Waals surface area (Å²) >= 11 is 0. The van der Waals surface area contributed by atoms with E-state index in [1.54, 1.807) is 18.2 Å². The molecule has 0 unspecified atom stereocenters. The molecule has 4 aromatic rings. The third-order valence-electron chi connectivity index (χ3n) is 5.70. The zero-order valence-corrected chi connectivity index (χ0v) is 20.4. The van der Waals surface area contributed by atoms with Gasteiger partial charge in [0.1, 0.15) is 0 Å². The molecule has 4 rings (SSSR count). The Morgan fingerprint density at radius 3 is 0.975 bits per heavy atom. The van der Waals surface area contributed by atoms with Crippen molar-refractivity contribution in [2.24, 2.45) is 0 Å². The maximum atomic E-state index is 13.5. The van der Waals surface area contributed by atoms with E-state index in [-0.39, 0.29) is 36.5 Å². The average Bonchev–Trinajstić information content (AvgIpc) is 2.86. The lowest BCUT2D eigenvalue weighted by atomic mass is 9.99. The molecule has 13 heteroatoms. The van der Waals surface area contributed by atoms with E-state index >= 15 is 0 Å². The summed E-state index contributed by atoms with van der Waals surface area (Å²) in [7, 11) is -0.217. The maximum Gasteiger partial charge on any atom is 0.416 e. The topological polar surface area (TPSA) is 0 Å². The van der Waals surface area contributed by atoms with Gasteiger partial charge in [-0.25, -0.2) is 0 Å². The first-order valence-corrected chi connectivity index (χ1v) is 11.9. The lowest BCUT2D eigenvalue weighted by Gasteiger charge is -2.17. The summed E-state index contributed by atoms with van der Waals surface area (Å²) in [5, 5.41) is -0.391. The Morgan fingerprint density at radius 2 is 0.675 bits per heavy atom. The van der Waals surface area contributed by atoms with Gasteiger partial charge < -0.3 is 0 Å². The van der Waals surface area contributed by atoms with E-state index in [0.29, 0.717) is 29.8 Å². The van der Waals surface area contributed by atoms with Crippen LogP contribution >= 0.6 is 8.19 Å². The van der Waals surface area contributed by atoms with E-state index < -0.39 is 58.1 Å². The fraction of sp³-hybridized carbons (Fsp3) is 0.148. The lowest BCUT2D eigenvalue weighted by molar-refractivity contribution is -0.144. The molecular formula is C27H13F12P. The molecule has 1 aromatic heterocycles. The standard InChI is InChI=1S/C27H13F12P/c28-24(29,30)18-6-16(7-19(12-18)25(31,32)33)22-10-15(14-4-2-1-3-5-14)11-23(40-22)17-8-20(26(34,35)36)13-21(9-17)27(37,38)39/h1-13H. The molecule has 0 nitrogen and oxygen atoms in total. The van der Waals surface area contributed by atoms with E-state index in [1.165, 1.54) is 24.3 Å². The van der Waals surface area contributed by atoms with Gasteiger partial charge in [0, 0.05) is 10.6 Å². The molecule has 1 heterocycles. The van der Waals surface area contributed by atoms with Crippen LogP contribution < -0.4 is 0 Å². The minimum atomic E-state index is -5.17. The van der Waals surface area contributed by atoms with Crippen LogP contribution in [0.4, 0.5) is 52.7 Å². The fourth-order valence-corrected chi connectivity index (χ4v) is 5.01. The van der Waals surface area contributed by atoms with Crippen LogP contribution in [0, 0.1) is 0 Å². The molecule has 210 valence electrons. The molecule has 0 fully saturated rings. The Labute approximate surface area is 220 Å². The van der Waals surface area contributed by atoms with Gasteiger partial charge in [0.25, 0.3) is 0 Å². The van der Waals surface area contributed by atoms with Crippen LogP contribution in [0.25, 0.3) is 32.8 Å². The monoisotopic (exact) mass is 596 g/mol. The third-order valence-corrected chi connectivity index (χ3v) is 6.96. The molecule has 0 saturated carbocycles. The zero-order chi connectivity index (χ0) is 29.7. The predicted octanol–water partition coefficient (Wildman–Crippen LogP) is 11.3. The Bertz CT molecular complexity index is 1370. The van der Waals surface area contributed by atoms with Gasteiger partial charge in [-0.15, -0.1) is 0 Å². The number of rotatable bonds is 3. The SMILES string of the molecule is FC(F)(F)c1cc(-c2cc(-c3ccccc3)cc(-c3cc(C(F)(F)F)cc(C(F)(F)F)c3)p2)cc(C(F)(F)F)c1. The molecule has 0 atom stereocenters. The second-order valence-corrected chi connectivity index (χ2v) is 9.77. The van der Waals surface area contributed by atoms with E-state index in [2.05, 4.69) is 0 Å². The van der Waals surface area contributed by atoms with Crippen LogP contribution in [0.2, 0.25) is 0 Å². The van der Waals surface area contributed by atoms with E-state index in [4.69, 9.17) is 0 Å². The number of halogens is 12. The van der Waals surface area contributed by atoms with Gasteiger partial charge in [0.2, 0.25) is 0 Å². The highest BCUT2D eigenvalue weighted by atomic mass is 31.0. The first kappa shape index (κ1) is 29.5. The Kier molecular flexibility index (Phi) is 7.47. The predicted molar refractivity (Wildman–Crippen MR) is 125 cm³/mol. The van der Waals surface area contributed by atoms with Crippen LogP contribution in [0.1, 0.15) is 22.3 Å². The minimum absolute atomic E-state index is 0.0786. The van der Waals surface area contributed by atoms with Gasteiger partial charge in [0.15, 0.2) is 0 Å². The summed E-state index contributed by atoms with van der Waals surface area (Å²) in [6.07, 6.45) is -20.7. The number of alkyl halides is 12. The molecule has 0 radical (unpaired) electrons. The molecule has 0 bridgehead atoms. The van der Waals surface area contributed by atoms with Crippen molar-refractivity contribution in [1.29, 1.82) is 0 Å². The molecule has 0 spiro atoms. The molecule has 0 amide bonds. The summed E-state index contributed by atoms with van der Waals surface area (Å²) in [4.78, 5) is 0. The van der Waals surface area contributed by atoms with Crippen LogP contribution in [0.15, 0.2) is 78.9 Å². The quantitative estimate of drug-likeness (QED) is 0.207. The summed E-state index contributed by atoms with van der Waals surface area (Å²) in [5.41, 5.74) is -7.06. The summed E-state index contributed by atoms with van der Waals surface area (Å²) in [6.45, 7) is 0. The van der Waals surface area contributed by atoms with Crippen molar-refractivity contribution in [2.45, 2.75) is 24.7 Å². The van der Waals surface area contributed by atoms with E-state index in [9.17, 15) is 52.7 Å². The first-order valence-electron chi connectivity index (χ1n) is 11.0. The van der Waals surface area contributed by atoms with Crippen molar-refractivity contribution in [3.05, 3.63) is 101 Å². The summed E-state index contributed by atoms with van der Waals surface area (Å²) in [6, 6.07) is 11.9. The molecule has 0 aliphatic heterocycles. The molecule has 0 N–H and O–H groups in total. The third kappa shape index (κ3) is 6.60. The molecule has 0 aliphatic carbocycles. The average molecular weight is 596 g/mol. The molecule has 40 heavy (non-hydrogen) atoms. The van der Waals surface area contributed by atoms with Crippen LogP contribution in [0.3, 0.4) is 0 Å². The zero-order valence-electron chi connectivity index (χ0n) is 19.5. The van der Waals surface area contributed by atoms with Gasteiger partial charge in [-0.3, -0.25) is 0 Å². The van der Waals surface area contributed by atoms with Crippen molar-refractivity contribution < 1.29 is 52.7 Å². The van der Waals surface area contributed by atoms with Crippen molar-refractivity contribution in [2.75, 3.05) is 0 Å². The number of hydrogen-bond donors (Lipinski definition) is 0. The second kappa shape index (κ2) is 10.1. The van der Waals surface area contributed by atoms with Crippen molar-refractivity contribution in [3.63, 3.8) is 0 Å². The number of hydrogen-bond acceptors (Lipinski definition) is 0. The van der Waals surface area contributed by atoms with Crippen molar-refractivity contribution in [1.82, 2.24) is 0 Å². The van der Waals surface area contributed by atoms with Crippen molar-refractivity contribution in [3.8, 4) is 32.8 Å². The van der Waals surface area contributed by atoms with Gasteiger partial charge in [-0.05, 0) is 70.8 Å². The van der Waals surface area contributed by atoms with Crippen molar-refractivity contribution >= 4 is 8.19 Å². The van der Waals surface area contributed by atoms with Gasteiger partial charge >= 0.3 is 24.7 Å². The first-order chi connectivity index (χ1) is 18.3. The van der Waals surface area contributed by atoms with Gasteiger partial charge in [-0.1, -0.05) is 38.5 Å². The van der Waals surface area contributed by atoms with E-state index in [1.807, 2.05) is 0 Å². The van der Waals surface area contributed by atoms with Crippen LogP contribution in [-0.4, -0.2) is 0 Å². The van der Waals surface area contributed by atoms with Crippen LogP contribution in [-0.2, 0) is 24.7 Å². The molecule has 0 saturated heterocycles. The maximum absolute atomic E-state index is 13.5. The highest BCUT2D eigenvalue weighted by Gasteiger charge is 2.38. The molecular weight excluding hydrogens is 583 g/mol. The Hall–Kier alpha value is -3.53. The van der Waals surface area contributed by atoms with E-state index in [0.717, 1.165) is 0 Å². The summed E-state index contributed by atoms with van der Waals surface area (Å²) in [5.74, 6) is 0. The molecule has 0 aliphatic rings. The van der Waals surface area contributed by atoms with Crippen LogP contribution in [0.5, 0.6) is 0 Å².